The molecule has 0 amide bonds. The molecule has 1 unspecified atom stereocenters. The third-order valence-electron chi connectivity index (χ3n) is 5.84. The van der Waals surface area contributed by atoms with Gasteiger partial charge in [-0.05, 0) is 37.8 Å². The van der Waals surface area contributed by atoms with Crippen molar-refractivity contribution in [3.8, 4) is 0 Å². The molecule has 1 aromatic carbocycles. The van der Waals surface area contributed by atoms with E-state index < -0.39 is 0 Å². The molecule has 1 saturated heterocycles. The summed E-state index contributed by atoms with van der Waals surface area (Å²) < 4.78 is 2.22. The molecule has 1 aliphatic heterocycles. The second kappa shape index (κ2) is 13.6. The second-order valence-electron chi connectivity index (χ2n) is 7.72. The normalized spacial score (nSPS) is 17.4. The molecule has 2 heterocycles. The van der Waals surface area contributed by atoms with E-state index in [4.69, 9.17) is 0 Å². The monoisotopic (exact) mass is 524 g/mol. The number of aryl methyl sites for hydroxylation is 2. The van der Waals surface area contributed by atoms with Crippen LogP contribution in [-0.2, 0) is 19.5 Å². The molecule has 1 aromatic heterocycles. The van der Waals surface area contributed by atoms with Crippen LogP contribution in [0.2, 0.25) is 0 Å². The van der Waals surface area contributed by atoms with Gasteiger partial charge in [0.2, 0.25) is 0 Å². The number of piperidine rings is 1. The van der Waals surface area contributed by atoms with Gasteiger partial charge in [0.25, 0.3) is 0 Å². The first-order chi connectivity index (χ1) is 14.3. The van der Waals surface area contributed by atoms with Crippen molar-refractivity contribution in [1.29, 1.82) is 0 Å². The average molecular weight is 524 g/mol. The lowest BCUT2D eigenvalue weighted by Gasteiger charge is -2.35. The van der Waals surface area contributed by atoms with E-state index in [9.17, 15) is 0 Å². The van der Waals surface area contributed by atoms with E-state index >= 15 is 0 Å². The summed E-state index contributed by atoms with van der Waals surface area (Å²) in [4.78, 5) is 11.5. The lowest BCUT2D eigenvalue weighted by molar-refractivity contribution is 0.147. The van der Waals surface area contributed by atoms with Gasteiger partial charge < -0.3 is 15.2 Å². The summed E-state index contributed by atoms with van der Waals surface area (Å²) in [7, 11) is 1.83. The molecule has 0 spiro atoms. The maximum absolute atomic E-state index is 4.52. The van der Waals surface area contributed by atoms with E-state index in [1.165, 1.54) is 37.8 Å². The molecule has 3 rings (SSSR count). The Balaban J connectivity index is 0.00000320. The molecule has 166 valence electrons. The molecular weight excluding hydrogens is 487 g/mol. The van der Waals surface area contributed by atoms with Crippen LogP contribution in [-0.4, -0.2) is 53.1 Å². The van der Waals surface area contributed by atoms with Crippen molar-refractivity contribution in [1.82, 2.24) is 25.1 Å². The average Bonchev–Trinajstić information content (AvgIpc) is 3.23. The van der Waals surface area contributed by atoms with E-state index in [0.717, 1.165) is 43.9 Å². The van der Waals surface area contributed by atoms with Crippen LogP contribution in [0.15, 0.2) is 47.7 Å². The molecule has 0 radical (unpaired) electrons. The molecule has 1 atom stereocenters. The molecule has 0 saturated carbocycles. The zero-order valence-corrected chi connectivity index (χ0v) is 20.7. The van der Waals surface area contributed by atoms with Gasteiger partial charge in [-0.2, -0.15) is 0 Å². The minimum absolute atomic E-state index is 0. The largest absolute Gasteiger partial charge is 0.355 e. The predicted molar refractivity (Wildman–Crippen MR) is 135 cm³/mol. The first kappa shape index (κ1) is 24.7. The highest BCUT2D eigenvalue weighted by Gasteiger charge is 2.19. The highest BCUT2D eigenvalue weighted by atomic mass is 127. The van der Waals surface area contributed by atoms with Crippen molar-refractivity contribution < 1.29 is 0 Å². The van der Waals surface area contributed by atoms with Gasteiger partial charge in [-0.25, -0.2) is 4.98 Å². The summed E-state index contributed by atoms with van der Waals surface area (Å²) >= 11 is 0. The highest BCUT2D eigenvalue weighted by molar-refractivity contribution is 14.0. The Morgan fingerprint density at radius 2 is 2.00 bits per heavy atom. The summed E-state index contributed by atoms with van der Waals surface area (Å²) in [5.41, 5.74) is 1.35. The third kappa shape index (κ3) is 7.58. The fourth-order valence-electron chi connectivity index (χ4n) is 4.12. The number of aromatic nitrogens is 2. The lowest BCUT2D eigenvalue weighted by Crippen LogP contribution is -2.45. The van der Waals surface area contributed by atoms with E-state index in [1.807, 2.05) is 13.2 Å². The second-order valence-corrected chi connectivity index (χ2v) is 7.72. The smallest absolute Gasteiger partial charge is 0.191 e. The summed E-state index contributed by atoms with van der Waals surface area (Å²) in [6.45, 7) is 7.12. The SMILES string of the molecule is CCC1CCCCN1CCNC(=NC)NCc1nccn1CCc1ccccc1.I. The Bertz CT molecular complexity index is 745. The summed E-state index contributed by atoms with van der Waals surface area (Å²) in [6.07, 6.45) is 10.2. The Labute approximate surface area is 198 Å². The third-order valence-corrected chi connectivity index (χ3v) is 5.84. The summed E-state index contributed by atoms with van der Waals surface area (Å²) in [5.74, 6) is 1.87. The standard InChI is InChI=1S/C23H36N6.HI/c1-3-21-11-7-8-15-28(21)17-14-26-23(24-2)27-19-22-25-13-18-29(22)16-12-20-9-5-4-6-10-20;/h4-6,9-10,13,18,21H,3,7-8,11-12,14-17,19H2,1-2H3,(H2,24,26,27);1H. The predicted octanol–water partition coefficient (Wildman–Crippen LogP) is 3.67. The number of aliphatic imine (C=N–C) groups is 1. The van der Waals surface area contributed by atoms with Gasteiger partial charge >= 0.3 is 0 Å². The van der Waals surface area contributed by atoms with Crippen molar-refractivity contribution in [3.63, 3.8) is 0 Å². The molecular formula is C23H37IN6. The molecule has 2 aromatic rings. The van der Waals surface area contributed by atoms with Crippen LogP contribution in [0.25, 0.3) is 0 Å². The molecule has 2 N–H and O–H groups in total. The van der Waals surface area contributed by atoms with Crippen molar-refractivity contribution in [3.05, 3.63) is 54.1 Å². The van der Waals surface area contributed by atoms with E-state index in [2.05, 4.69) is 73.5 Å². The Morgan fingerprint density at radius 3 is 2.77 bits per heavy atom. The minimum Gasteiger partial charge on any atom is -0.355 e. The maximum Gasteiger partial charge on any atom is 0.191 e. The number of hydrogen-bond acceptors (Lipinski definition) is 3. The Kier molecular flexibility index (Phi) is 11.2. The van der Waals surface area contributed by atoms with E-state index in [-0.39, 0.29) is 24.0 Å². The van der Waals surface area contributed by atoms with Crippen molar-refractivity contribution in [2.24, 2.45) is 4.99 Å². The number of halogens is 1. The van der Waals surface area contributed by atoms with Crippen LogP contribution in [0, 0.1) is 0 Å². The molecule has 6 nitrogen and oxygen atoms in total. The fourth-order valence-corrected chi connectivity index (χ4v) is 4.12. The van der Waals surface area contributed by atoms with Crippen molar-refractivity contribution in [2.75, 3.05) is 26.7 Å². The summed E-state index contributed by atoms with van der Waals surface area (Å²) in [6, 6.07) is 11.3. The number of likely N-dealkylation sites (tertiary alicyclic amines) is 1. The molecule has 1 aliphatic rings. The number of rotatable bonds is 9. The van der Waals surface area contributed by atoms with Crippen LogP contribution in [0.5, 0.6) is 0 Å². The molecule has 30 heavy (non-hydrogen) atoms. The Hall–Kier alpha value is -1.61. The number of benzene rings is 1. The van der Waals surface area contributed by atoms with Crippen molar-refractivity contribution >= 4 is 29.9 Å². The van der Waals surface area contributed by atoms with Crippen LogP contribution in [0.4, 0.5) is 0 Å². The van der Waals surface area contributed by atoms with Gasteiger partial charge in [0.1, 0.15) is 5.82 Å². The molecule has 0 bridgehead atoms. The maximum atomic E-state index is 4.52. The topological polar surface area (TPSA) is 57.5 Å². The minimum atomic E-state index is 0. The zero-order chi connectivity index (χ0) is 20.3. The van der Waals surface area contributed by atoms with Gasteiger partial charge in [0, 0.05) is 45.1 Å². The molecule has 7 heteroatoms. The van der Waals surface area contributed by atoms with Crippen LogP contribution in [0.3, 0.4) is 0 Å². The Morgan fingerprint density at radius 1 is 1.17 bits per heavy atom. The first-order valence-corrected chi connectivity index (χ1v) is 11.0. The van der Waals surface area contributed by atoms with Crippen LogP contribution >= 0.6 is 24.0 Å². The van der Waals surface area contributed by atoms with Crippen molar-refractivity contribution in [2.45, 2.75) is 58.2 Å². The van der Waals surface area contributed by atoms with Gasteiger partial charge in [0.15, 0.2) is 5.96 Å². The number of guanidine groups is 1. The fraction of sp³-hybridized carbons (Fsp3) is 0.565. The summed E-state index contributed by atoms with van der Waals surface area (Å²) in [5, 5.41) is 6.87. The zero-order valence-electron chi connectivity index (χ0n) is 18.4. The van der Waals surface area contributed by atoms with Gasteiger partial charge in [0.05, 0.1) is 6.54 Å². The van der Waals surface area contributed by atoms with E-state index in [0.29, 0.717) is 6.54 Å². The number of nitrogens with one attached hydrogen (secondary N) is 2. The number of hydrogen-bond donors (Lipinski definition) is 2. The van der Waals surface area contributed by atoms with Crippen LogP contribution < -0.4 is 10.6 Å². The van der Waals surface area contributed by atoms with Gasteiger partial charge in [-0.3, -0.25) is 9.89 Å². The first-order valence-electron chi connectivity index (χ1n) is 11.0. The van der Waals surface area contributed by atoms with E-state index in [1.54, 1.807) is 0 Å². The highest BCUT2D eigenvalue weighted by Crippen LogP contribution is 2.18. The number of nitrogens with zero attached hydrogens (tertiary/aromatic N) is 4. The van der Waals surface area contributed by atoms with Crippen LogP contribution in [0.1, 0.15) is 44.0 Å². The number of imidazole rings is 1. The van der Waals surface area contributed by atoms with Gasteiger partial charge in [-0.15, -0.1) is 24.0 Å². The lowest BCUT2D eigenvalue weighted by atomic mass is 10.0. The molecule has 1 fully saturated rings. The quantitative estimate of drug-likeness (QED) is 0.299. The van der Waals surface area contributed by atoms with Gasteiger partial charge in [-0.1, -0.05) is 43.7 Å². The molecule has 0 aliphatic carbocycles.